The molecular weight excluding hydrogens is 248 g/mol. The van der Waals surface area contributed by atoms with E-state index in [2.05, 4.69) is 0 Å². The standard InChI is InChI=1S/C13H14N2O2S/c1-15(9-3-5-10(17-2)6-4-9)13(16)12-11(14)7-8-18-12/h3-8H,14H2,1-2H3. The van der Waals surface area contributed by atoms with E-state index in [1.165, 1.54) is 11.3 Å². The maximum Gasteiger partial charge on any atom is 0.270 e. The minimum Gasteiger partial charge on any atom is -0.497 e. The molecule has 1 aromatic carbocycles. The maximum absolute atomic E-state index is 12.2. The van der Waals surface area contributed by atoms with Gasteiger partial charge in [0.25, 0.3) is 5.91 Å². The lowest BCUT2D eigenvalue weighted by Gasteiger charge is -2.17. The van der Waals surface area contributed by atoms with Gasteiger partial charge in [-0.05, 0) is 35.7 Å². The Bertz CT molecular complexity index is 548. The van der Waals surface area contributed by atoms with E-state index in [9.17, 15) is 4.79 Å². The van der Waals surface area contributed by atoms with Gasteiger partial charge < -0.3 is 15.4 Å². The van der Waals surface area contributed by atoms with Crippen LogP contribution in [0.3, 0.4) is 0 Å². The van der Waals surface area contributed by atoms with Crippen molar-refractivity contribution in [3.05, 3.63) is 40.6 Å². The lowest BCUT2D eigenvalue weighted by Crippen LogP contribution is -2.25. The van der Waals surface area contributed by atoms with Crippen LogP contribution in [-0.4, -0.2) is 20.1 Å². The number of carbonyl (C=O) groups excluding carboxylic acids is 1. The van der Waals surface area contributed by atoms with Gasteiger partial charge in [0.05, 0.1) is 12.8 Å². The van der Waals surface area contributed by atoms with Crippen LogP contribution in [0.15, 0.2) is 35.7 Å². The molecule has 0 aliphatic rings. The second-order valence-electron chi connectivity index (χ2n) is 3.77. The van der Waals surface area contributed by atoms with Crippen LogP contribution in [0.4, 0.5) is 11.4 Å². The molecule has 2 aromatic rings. The number of nitrogen functional groups attached to an aromatic ring is 1. The fourth-order valence-electron chi connectivity index (χ4n) is 1.57. The number of nitrogens with two attached hydrogens (primary N) is 1. The molecule has 4 nitrogen and oxygen atoms in total. The second-order valence-corrected chi connectivity index (χ2v) is 4.68. The Kier molecular flexibility index (Phi) is 3.53. The Balaban J connectivity index is 2.23. The Labute approximate surface area is 110 Å². The summed E-state index contributed by atoms with van der Waals surface area (Å²) in [5, 5.41) is 1.81. The monoisotopic (exact) mass is 262 g/mol. The van der Waals surface area contributed by atoms with Crippen molar-refractivity contribution in [2.75, 3.05) is 24.8 Å². The van der Waals surface area contributed by atoms with Gasteiger partial charge in [-0.3, -0.25) is 4.79 Å². The topological polar surface area (TPSA) is 55.6 Å². The minimum absolute atomic E-state index is 0.104. The zero-order valence-corrected chi connectivity index (χ0v) is 11.0. The van der Waals surface area contributed by atoms with E-state index in [0.717, 1.165) is 11.4 Å². The molecule has 0 radical (unpaired) electrons. The predicted molar refractivity (Wildman–Crippen MR) is 74.5 cm³/mol. The van der Waals surface area contributed by atoms with E-state index in [0.29, 0.717) is 10.6 Å². The first kappa shape index (κ1) is 12.4. The lowest BCUT2D eigenvalue weighted by atomic mass is 10.2. The molecule has 18 heavy (non-hydrogen) atoms. The van der Waals surface area contributed by atoms with Crippen LogP contribution in [0.1, 0.15) is 9.67 Å². The molecule has 0 bridgehead atoms. The smallest absolute Gasteiger partial charge is 0.270 e. The van der Waals surface area contributed by atoms with Crippen molar-refractivity contribution in [1.29, 1.82) is 0 Å². The highest BCUT2D eigenvalue weighted by Crippen LogP contribution is 2.24. The number of carbonyl (C=O) groups is 1. The molecule has 0 aliphatic carbocycles. The minimum atomic E-state index is -0.104. The number of thiophene rings is 1. The van der Waals surface area contributed by atoms with Crippen LogP contribution in [0.2, 0.25) is 0 Å². The molecule has 1 amide bonds. The molecule has 0 unspecified atom stereocenters. The largest absolute Gasteiger partial charge is 0.497 e. The highest BCUT2D eigenvalue weighted by atomic mass is 32.1. The summed E-state index contributed by atoms with van der Waals surface area (Å²) < 4.78 is 5.08. The van der Waals surface area contributed by atoms with Crippen molar-refractivity contribution in [3.63, 3.8) is 0 Å². The van der Waals surface area contributed by atoms with Gasteiger partial charge in [-0.25, -0.2) is 0 Å². The zero-order chi connectivity index (χ0) is 13.1. The Morgan fingerprint density at radius 3 is 2.44 bits per heavy atom. The molecule has 2 N–H and O–H groups in total. The van der Waals surface area contributed by atoms with Gasteiger partial charge in [-0.15, -0.1) is 11.3 Å². The summed E-state index contributed by atoms with van der Waals surface area (Å²) in [4.78, 5) is 14.3. The van der Waals surface area contributed by atoms with Crippen LogP contribution in [0, 0.1) is 0 Å². The number of benzene rings is 1. The second kappa shape index (κ2) is 5.10. The van der Waals surface area contributed by atoms with Crippen LogP contribution >= 0.6 is 11.3 Å². The summed E-state index contributed by atoms with van der Waals surface area (Å²) in [6.45, 7) is 0. The molecule has 0 spiro atoms. The molecule has 0 atom stereocenters. The number of methoxy groups -OCH3 is 1. The molecule has 0 aliphatic heterocycles. The van der Waals surface area contributed by atoms with Gasteiger partial charge in [0.2, 0.25) is 0 Å². The van der Waals surface area contributed by atoms with Gasteiger partial charge in [0.1, 0.15) is 10.6 Å². The molecule has 5 heteroatoms. The Hall–Kier alpha value is -2.01. The SMILES string of the molecule is COc1ccc(N(C)C(=O)c2sccc2N)cc1. The fraction of sp³-hybridized carbons (Fsp3) is 0.154. The summed E-state index contributed by atoms with van der Waals surface area (Å²) in [5.41, 5.74) is 7.06. The molecular formula is C13H14N2O2S. The molecule has 0 saturated heterocycles. The summed E-state index contributed by atoms with van der Waals surface area (Å²) in [6.07, 6.45) is 0. The van der Waals surface area contributed by atoms with Gasteiger partial charge in [-0.2, -0.15) is 0 Å². The average molecular weight is 262 g/mol. The number of hydrogen-bond donors (Lipinski definition) is 1. The average Bonchev–Trinajstić information content (AvgIpc) is 2.83. The first-order valence-electron chi connectivity index (χ1n) is 5.38. The van der Waals surface area contributed by atoms with Crippen molar-refractivity contribution in [3.8, 4) is 5.75 Å². The van der Waals surface area contributed by atoms with E-state index < -0.39 is 0 Å². The maximum atomic E-state index is 12.2. The van der Waals surface area contributed by atoms with Crippen molar-refractivity contribution in [2.24, 2.45) is 0 Å². The lowest BCUT2D eigenvalue weighted by molar-refractivity contribution is 0.0997. The zero-order valence-electron chi connectivity index (χ0n) is 10.2. The molecule has 2 rings (SSSR count). The van der Waals surface area contributed by atoms with E-state index in [-0.39, 0.29) is 5.91 Å². The number of anilines is 2. The molecule has 1 aromatic heterocycles. The first-order valence-corrected chi connectivity index (χ1v) is 6.26. The highest BCUT2D eigenvalue weighted by Gasteiger charge is 2.17. The molecule has 0 saturated carbocycles. The number of rotatable bonds is 3. The number of hydrogen-bond acceptors (Lipinski definition) is 4. The third kappa shape index (κ3) is 2.31. The summed E-state index contributed by atoms with van der Waals surface area (Å²) in [5.74, 6) is 0.655. The van der Waals surface area contributed by atoms with Crippen LogP contribution in [0.25, 0.3) is 0 Å². The van der Waals surface area contributed by atoms with Gasteiger partial charge in [0.15, 0.2) is 0 Å². The van der Waals surface area contributed by atoms with E-state index in [4.69, 9.17) is 10.5 Å². The molecule has 94 valence electrons. The van der Waals surface area contributed by atoms with Crippen LogP contribution in [0.5, 0.6) is 5.75 Å². The highest BCUT2D eigenvalue weighted by molar-refractivity contribution is 7.12. The number of ether oxygens (including phenoxy) is 1. The molecule has 0 fully saturated rings. The predicted octanol–water partition coefficient (Wildman–Crippen LogP) is 2.62. The van der Waals surface area contributed by atoms with Crippen molar-refractivity contribution >= 4 is 28.6 Å². The normalized spacial score (nSPS) is 10.1. The molecule has 1 heterocycles. The summed E-state index contributed by atoms with van der Waals surface area (Å²) in [7, 11) is 3.33. The number of amides is 1. The van der Waals surface area contributed by atoms with Gasteiger partial charge in [-0.1, -0.05) is 0 Å². The fourth-order valence-corrected chi connectivity index (χ4v) is 2.36. The van der Waals surface area contributed by atoms with E-state index in [1.807, 2.05) is 29.6 Å². The third-order valence-corrected chi connectivity index (χ3v) is 3.57. The van der Waals surface area contributed by atoms with E-state index >= 15 is 0 Å². The van der Waals surface area contributed by atoms with Crippen LogP contribution in [-0.2, 0) is 0 Å². The van der Waals surface area contributed by atoms with Gasteiger partial charge in [0, 0.05) is 12.7 Å². The van der Waals surface area contributed by atoms with E-state index in [1.54, 1.807) is 25.1 Å². The first-order chi connectivity index (χ1) is 8.63. The Morgan fingerprint density at radius 1 is 1.28 bits per heavy atom. The van der Waals surface area contributed by atoms with Crippen molar-refractivity contribution < 1.29 is 9.53 Å². The third-order valence-electron chi connectivity index (χ3n) is 2.65. The summed E-state index contributed by atoms with van der Waals surface area (Å²) in [6, 6.07) is 9.04. The van der Waals surface area contributed by atoms with Crippen LogP contribution < -0.4 is 15.4 Å². The quantitative estimate of drug-likeness (QED) is 0.925. The van der Waals surface area contributed by atoms with Crippen molar-refractivity contribution in [2.45, 2.75) is 0 Å². The summed E-state index contributed by atoms with van der Waals surface area (Å²) >= 11 is 1.35. The Morgan fingerprint density at radius 2 is 1.94 bits per heavy atom. The van der Waals surface area contributed by atoms with Gasteiger partial charge >= 0.3 is 0 Å². The van der Waals surface area contributed by atoms with Crippen molar-refractivity contribution in [1.82, 2.24) is 0 Å². The number of nitrogens with zero attached hydrogens (tertiary/aromatic N) is 1.